The van der Waals surface area contributed by atoms with Crippen molar-refractivity contribution in [1.29, 1.82) is 0 Å². The lowest BCUT2D eigenvalue weighted by molar-refractivity contribution is 0.278. The normalized spacial score (nSPS) is 10.3. The van der Waals surface area contributed by atoms with Crippen LogP contribution in [0, 0.1) is 6.92 Å². The number of hydrogen-bond acceptors (Lipinski definition) is 4. The molecule has 0 spiro atoms. The number of anilines is 1. The molecule has 0 aliphatic heterocycles. The molecule has 1 heterocycles. The summed E-state index contributed by atoms with van der Waals surface area (Å²) in [4.78, 5) is 11.6. The number of benzene rings is 1. The molecular weight excluding hydrogens is 256 g/mol. The predicted octanol–water partition coefficient (Wildman–Crippen LogP) is 1.83. The van der Waals surface area contributed by atoms with Crippen LogP contribution in [0.25, 0.3) is 0 Å². The molecular formula is C15H18N2O3. The highest BCUT2D eigenvalue weighted by molar-refractivity contribution is 5.42. The molecule has 0 unspecified atom stereocenters. The second-order valence-electron chi connectivity index (χ2n) is 4.50. The van der Waals surface area contributed by atoms with Crippen LogP contribution in [-0.4, -0.2) is 18.3 Å². The van der Waals surface area contributed by atoms with E-state index in [1.807, 2.05) is 25.1 Å². The lowest BCUT2D eigenvalue weighted by Crippen LogP contribution is -2.22. The number of pyridine rings is 1. The van der Waals surface area contributed by atoms with Crippen molar-refractivity contribution >= 4 is 5.69 Å². The van der Waals surface area contributed by atoms with E-state index in [1.54, 1.807) is 19.4 Å². The Kier molecular flexibility index (Phi) is 4.30. The molecule has 2 rings (SSSR count). The Labute approximate surface area is 117 Å². The Morgan fingerprint density at radius 3 is 2.75 bits per heavy atom. The zero-order valence-corrected chi connectivity index (χ0v) is 11.6. The van der Waals surface area contributed by atoms with Crippen LogP contribution in [0.4, 0.5) is 5.69 Å². The van der Waals surface area contributed by atoms with Crippen molar-refractivity contribution in [3.05, 3.63) is 52.4 Å². The van der Waals surface area contributed by atoms with Gasteiger partial charge in [-0.2, -0.15) is 0 Å². The van der Waals surface area contributed by atoms with Crippen molar-refractivity contribution < 1.29 is 9.47 Å². The third-order valence-corrected chi connectivity index (χ3v) is 2.92. The standard InChI is InChI=1S/C15H18N2O3/c1-11-3-5-13(14(9-11)19-2)20-8-7-17-10-12(16)4-6-15(17)18/h3-6,9-10H,7-8,16H2,1-2H3. The van der Waals surface area contributed by atoms with Crippen LogP contribution in [-0.2, 0) is 6.54 Å². The molecule has 0 aliphatic rings. The lowest BCUT2D eigenvalue weighted by Gasteiger charge is -2.12. The molecule has 0 bridgehead atoms. The first-order valence-corrected chi connectivity index (χ1v) is 6.33. The van der Waals surface area contributed by atoms with Gasteiger partial charge in [0.25, 0.3) is 5.56 Å². The van der Waals surface area contributed by atoms with Gasteiger partial charge in [0.05, 0.1) is 13.7 Å². The summed E-state index contributed by atoms with van der Waals surface area (Å²) in [6.45, 7) is 2.78. The fraction of sp³-hybridized carbons (Fsp3) is 0.267. The topological polar surface area (TPSA) is 66.5 Å². The number of rotatable bonds is 5. The largest absolute Gasteiger partial charge is 0.493 e. The second-order valence-corrected chi connectivity index (χ2v) is 4.50. The highest BCUT2D eigenvalue weighted by Crippen LogP contribution is 2.27. The van der Waals surface area contributed by atoms with Crippen LogP contribution < -0.4 is 20.8 Å². The van der Waals surface area contributed by atoms with Gasteiger partial charge in [-0.3, -0.25) is 4.79 Å². The minimum Gasteiger partial charge on any atom is -0.493 e. The fourth-order valence-electron chi connectivity index (χ4n) is 1.87. The molecule has 5 nitrogen and oxygen atoms in total. The van der Waals surface area contributed by atoms with Crippen molar-refractivity contribution in [2.24, 2.45) is 0 Å². The highest BCUT2D eigenvalue weighted by atomic mass is 16.5. The molecule has 1 aromatic heterocycles. The zero-order valence-electron chi connectivity index (χ0n) is 11.6. The smallest absolute Gasteiger partial charge is 0.250 e. The predicted molar refractivity (Wildman–Crippen MR) is 78.3 cm³/mol. The highest BCUT2D eigenvalue weighted by Gasteiger charge is 2.04. The van der Waals surface area contributed by atoms with Gasteiger partial charge in [-0.1, -0.05) is 6.07 Å². The van der Waals surface area contributed by atoms with Crippen molar-refractivity contribution in [1.82, 2.24) is 4.57 Å². The fourth-order valence-corrected chi connectivity index (χ4v) is 1.87. The van der Waals surface area contributed by atoms with E-state index in [9.17, 15) is 4.79 Å². The van der Waals surface area contributed by atoms with Crippen molar-refractivity contribution in [3.63, 3.8) is 0 Å². The van der Waals surface area contributed by atoms with E-state index in [2.05, 4.69) is 0 Å². The molecule has 1 aromatic carbocycles. The van der Waals surface area contributed by atoms with Crippen molar-refractivity contribution in [2.45, 2.75) is 13.5 Å². The maximum atomic E-state index is 11.6. The molecule has 0 radical (unpaired) electrons. The number of aromatic nitrogens is 1. The lowest BCUT2D eigenvalue weighted by atomic mass is 10.2. The second kappa shape index (κ2) is 6.14. The van der Waals surface area contributed by atoms with Gasteiger partial charge in [0, 0.05) is 18.0 Å². The number of nitrogens with two attached hydrogens (primary N) is 1. The van der Waals surface area contributed by atoms with E-state index in [0.717, 1.165) is 5.56 Å². The summed E-state index contributed by atoms with van der Waals surface area (Å²) in [6, 6.07) is 8.74. The van der Waals surface area contributed by atoms with Crippen LogP contribution in [0.15, 0.2) is 41.3 Å². The van der Waals surface area contributed by atoms with Gasteiger partial charge in [-0.25, -0.2) is 0 Å². The first-order chi connectivity index (χ1) is 9.60. The number of methoxy groups -OCH3 is 1. The first kappa shape index (κ1) is 14.0. The van der Waals surface area contributed by atoms with E-state index in [0.29, 0.717) is 30.3 Å². The molecule has 2 N–H and O–H groups in total. The molecule has 0 amide bonds. The van der Waals surface area contributed by atoms with Gasteiger partial charge in [-0.15, -0.1) is 0 Å². The number of hydrogen-bond donors (Lipinski definition) is 1. The maximum absolute atomic E-state index is 11.6. The van der Waals surface area contributed by atoms with E-state index in [4.69, 9.17) is 15.2 Å². The Morgan fingerprint density at radius 2 is 2.00 bits per heavy atom. The third kappa shape index (κ3) is 3.32. The Balaban J connectivity index is 2.03. The van der Waals surface area contributed by atoms with E-state index >= 15 is 0 Å². The summed E-state index contributed by atoms with van der Waals surface area (Å²) in [5.41, 5.74) is 7.21. The summed E-state index contributed by atoms with van der Waals surface area (Å²) >= 11 is 0. The molecule has 0 aliphatic carbocycles. The first-order valence-electron chi connectivity index (χ1n) is 6.33. The summed E-state index contributed by atoms with van der Waals surface area (Å²) in [7, 11) is 1.60. The molecule has 2 aromatic rings. The van der Waals surface area contributed by atoms with E-state index in [-0.39, 0.29) is 5.56 Å². The third-order valence-electron chi connectivity index (χ3n) is 2.92. The summed E-state index contributed by atoms with van der Waals surface area (Å²) in [5.74, 6) is 1.35. The SMILES string of the molecule is COc1cc(C)ccc1OCCn1cc(N)ccc1=O. The summed E-state index contributed by atoms with van der Waals surface area (Å²) < 4.78 is 12.4. The van der Waals surface area contributed by atoms with Gasteiger partial charge < -0.3 is 19.8 Å². The van der Waals surface area contributed by atoms with Gasteiger partial charge in [-0.05, 0) is 30.7 Å². The van der Waals surface area contributed by atoms with Gasteiger partial charge >= 0.3 is 0 Å². The molecule has 0 saturated carbocycles. The quantitative estimate of drug-likeness (QED) is 0.903. The van der Waals surface area contributed by atoms with Crippen LogP contribution in [0.5, 0.6) is 11.5 Å². The van der Waals surface area contributed by atoms with E-state index in [1.165, 1.54) is 10.6 Å². The molecule has 0 fully saturated rings. The molecule has 5 heteroatoms. The van der Waals surface area contributed by atoms with Crippen LogP contribution >= 0.6 is 0 Å². The molecule has 0 saturated heterocycles. The average molecular weight is 274 g/mol. The summed E-state index contributed by atoms with van der Waals surface area (Å²) in [6.07, 6.45) is 1.61. The van der Waals surface area contributed by atoms with E-state index < -0.39 is 0 Å². The van der Waals surface area contributed by atoms with Crippen LogP contribution in [0.3, 0.4) is 0 Å². The van der Waals surface area contributed by atoms with Crippen molar-refractivity contribution in [3.8, 4) is 11.5 Å². The van der Waals surface area contributed by atoms with Gasteiger partial charge in [0.15, 0.2) is 11.5 Å². The molecule has 106 valence electrons. The monoisotopic (exact) mass is 274 g/mol. The number of aryl methyl sites for hydroxylation is 1. The number of ether oxygens (including phenoxy) is 2. The number of nitrogens with zero attached hydrogens (tertiary/aromatic N) is 1. The maximum Gasteiger partial charge on any atom is 0.250 e. The van der Waals surface area contributed by atoms with Gasteiger partial charge in [0.1, 0.15) is 6.61 Å². The van der Waals surface area contributed by atoms with Crippen molar-refractivity contribution in [2.75, 3.05) is 19.5 Å². The Hall–Kier alpha value is -2.43. The molecule has 0 atom stereocenters. The minimum absolute atomic E-state index is 0.0985. The van der Waals surface area contributed by atoms with Gasteiger partial charge in [0.2, 0.25) is 0 Å². The minimum atomic E-state index is -0.0985. The molecule has 20 heavy (non-hydrogen) atoms. The number of nitrogen functional groups attached to an aromatic ring is 1. The van der Waals surface area contributed by atoms with Crippen LogP contribution in [0.2, 0.25) is 0 Å². The Morgan fingerprint density at radius 1 is 1.20 bits per heavy atom. The summed E-state index contributed by atoms with van der Waals surface area (Å²) in [5, 5.41) is 0. The average Bonchev–Trinajstić information content (AvgIpc) is 2.44. The zero-order chi connectivity index (χ0) is 14.5. The van der Waals surface area contributed by atoms with Crippen LogP contribution in [0.1, 0.15) is 5.56 Å². The Bertz CT molecular complexity index is 650.